The molecule has 20 heavy (non-hydrogen) atoms. The Morgan fingerprint density at radius 2 is 1.95 bits per heavy atom. The standard InChI is InChI=1S/C15H13ClO3S/c1-19-12-6-7-13(15(17)18)14(8-12)20-9-10-2-4-11(16)5-3-10/h2-8H,9H2,1H3,(H,17,18). The molecule has 104 valence electrons. The van der Waals surface area contributed by atoms with Gasteiger partial charge in [0.25, 0.3) is 0 Å². The monoisotopic (exact) mass is 308 g/mol. The van der Waals surface area contributed by atoms with Gasteiger partial charge in [-0.1, -0.05) is 23.7 Å². The second-order valence-electron chi connectivity index (χ2n) is 4.08. The Kier molecular flexibility index (Phi) is 4.93. The van der Waals surface area contributed by atoms with Crippen LogP contribution in [0.3, 0.4) is 0 Å². The number of rotatable bonds is 5. The van der Waals surface area contributed by atoms with Crippen LogP contribution in [-0.2, 0) is 5.75 Å². The largest absolute Gasteiger partial charge is 0.497 e. The fraction of sp³-hybridized carbons (Fsp3) is 0.133. The fourth-order valence-electron chi connectivity index (χ4n) is 1.67. The maximum absolute atomic E-state index is 11.2. The first-order valence-corrected chi connectivity index (χ1v) is 7.25. The van der Waals surface area contributed by atoms with Crippen molar-refractivity contribution < 1.29 is 14.6 Å². The molecule has 0 aliphatic heterocycles. The molecule has 0 spiro atoms. The van der Waals surface area contributed by atoms with Crippen molar-refractivity contribution in [1.29, 1.82) is 0 Å². The average Bonchev–Trinajstić information content (AvgIpc) is 2.46. The minimum absolute atomic E-state index is 0.282. The van der Waals surface area contributed by atoms with E-state index >= 15 is 0 Å². The molecule has 0 fully saturated rings. The highest BCUT2D eigenvalue weighted by Gasteiger charge is 2.11. The summed E-state index contributed by atoms with van der Waals surface area (Å²) in [5, 5.41) is 9.88. The summed E-state index contributed by atoms with van der Waals surface area (Å²) in [6, 6.07) is 12.4. The van der Waals surface area contributed by atoms with Crippen molar-refractivity contribution >= 4 is 29.3 Å². The fourth-order valence-corrected chi connectivity index (χ4v) is 2.82. The Bertz CT molecular complexity index is 611. The first kappa shape index (κ1) is 14.8. The van der Waals surface area contributed by atoms with Crippen molar-refractivity contribution in [1.82, 2.24) is 0 Å². The van der Waals surface area contributed by atoms with Gasteiger partial charge in [0.2, 0.25) is 0 Å². The van der Waals surface area contributed by atoms with E-state index in [0.717, 1.165) is 5.56 Å². The van der Waals surface area contributed by atoms with Crippen molar-refractivity contribution in [3.8, 4) is 5.75 Å². The van der Waals surface area contributed by atoms with Gasteiger partial charge in [-0.3, -0.25) is 0 Å². The van der Waals surface area contributed by atoms with Crippen molar-refractivity contribution in [3.05, 3.63) is 58.6 Å². The number of halogens is 1. The lowest BCUT2D eigenvalue weighted by atomic mass is 10.2. The highest BCUT2D eigenvalue weighted by atomic mass is 35.5. The molecule has 0 saturated heterocycles. The second-order valence-corrected chi connectivity index (χ2v) is 5.54. The van der Waals surface area contributed by atoms with Crippen molar-refractivity contribution in [2.24, 2.45) is 0 Å². The first-order valence-electron chi connectivity index (χ1n) is 5.88. The molecule has 0 bridgehead atoms. The molecular weight excluding hydrogens is 296 g/mol. The number of hydrogen-bond acceptors (Lipinski definition) is 3. The summed E-state index contributed by atoms with van der Waals surface area (Å²) in [5.74, 6) is 0.379. The number of methoxy groups -OCH3 is 1. The summed E-state index contributed by atoms with van der Waals surface area (Å²) in [6.45, 7) is 0. The molecule has 0 aromatic heterocycles. The van der Waals surface area contributed by atoms with E-state index in [0.29, 0.717) is 21.4 Å². The lowest BCUT2D eigenvalue weighted by Crippen LogP contribution is -1.99. The Morgan fingerprint density at radius 1 is 1.25 bits per heavy atom. The summed E-state index contributed by atoms with van der Waals surface area (Å²) in [7, 11) is 1.56. The molecule has 0 unspecified atom stereocenters. The Labute approximate surface area is 126 Å². The zero-order valence-electron chi connectivity index (χ0n) is 10.8. The van der Waals surface area contributed by atoms with Crippen LogP contribution in [-0.4, -0.2) is 18.2 Å². The number of aromatic carboxylic acids is 1. The molecule has 3 nitrogen and oxygen atoms in total. The molecule has 0 aliphatic rings. The van der Waals surface area contributed by atoms with Gasteiger partial charge in [0.1, 0.15) is 5.75 Å². The molecule has 0 heterocycles. The molecule has 1 N–H and O–H groups in total. The smallest absolute Gasteiger partial charge is 0.336 e. The van der Waals surface area contributed by atoms with Gasteiger partial charge < -0.3 is 9.84 Å². The maximum Gasteiger partial charge on any atom is 0.336 e. The Morgan fingerprint density at radius 3 is 2.55 bits per heavy atom. The summed E-state index contributed by atoms with van der Waals surface area (Å²) in [4.78, 5) is 11.9. The third-order valence-corrected chi connectivity index (χ3v) is 4.11. The average molecular weight is 309 g/mol. The minimum Gasteiger partial charge on any atom is -0.497 e. The van der Waals surface area contributed by atoms with Gasteiger partial charge in [-0.2, -0.15) is 0 Å². The van der Waals surface area contributed by atoms with Crippen LogP contribution in [0, 0.1) is 0 Å². The zero-order valence-corrected chi connectivity index (χ0v) is 12.4. The molecule has 5 heteroatoms. The molecular formula is C15H13ClO3S. The number of thioether (sulfide) groups is 1. The van der Waals surface area contributed by atoms with Crippen LogP contribution < -0.4 is 4.74 Å². The molecule has 0 radical (unpaired) electrons. The van der Waals surface area contributed by atoms with Crippen LogP contribution in [0.25, 0.3) is 0 Å². The van der Waals surface area contributed by atoms with Crippen LogP contribution in [0.1, 0.15) is 15.9 Å². The van der Waals surface area contributed by atoms with E-state index in [1.807, 2.05) is 24.3 Å². The highest BCUT2D eigenvalue weighted by Crippen LogP contribution is 2.30. The van der Waals surface area contributed by atoms with Gasteiger partial charge in [-0.15, -0.1) is 11.8 Å². The Balaban J connectivity index is 2.18. The van der Waals surface area contributed by atoms with Gasteiger partial charge in [-0.05, 0) is 35.9 Å². The van der Waals surface area contributed by atoms with Crippen molar-refractivity contribution in [3.63, 3.8) is 0 Å². The molecule has 0 saturated carbocycles. The molecule has 0 aliphatic carbocycles. The predicted octanol–water partition coefficient (Wildman–Crippen LogP) is 4.34. The van der Waals surface area contributed by atoms with Crippen molar-refractivity contribution in [2.75, 3.05) is 7.11 Å². The molecule has 0 atom stereocenters. The Hall–Kier alpha value is -1.65. The van der Waals surface area contributed by atoms with Gasteiger partial charge in [0.15, 0.2) is 0 Å². The number of carboxylic acid groups (broad SMARTS) is 1. The van der Waals surface area contributed by atoms with E-state index in [1.165, 1.54) is 11.8 Å². The number of carbonyl (C=O) groups is 1. The second kappa shape index (κ2) is 6.68. The van der Waals surface area contributed by atoms with E-state index in [4.69, 9.17) is 16.3 Å². The summed E-state index contributed by atoms with van der Waals surface area (Å²) in [6.07, 6.45) is 0. The van der Waals surface area contributed by atoms with Gasteiger partial charge in [-0.25, -0.2) is 4.79 Å². The number of carboxylic acids is 1. The van der Waals surface area contributed by atoms with Crippen LogP contribution in [0.5, 0.6) is 5.75 Å². The SMILES string of the molecule is COc1ccc(C(=O)O)c(SCc2ccc(Cl)cc2)c1. The van der Waals surface area contributed by atoms with Crippen molar-refractivity contribution in [2.45, 2.75) is 10.6 Å². The number of ether oxygens (including phenoxy) is 1. The summed E-state index contributed by atoms with van der Waals surface area (Å²) >= 11 is 7.29. The highest BCUT2D eigenvalue weighted by molar-refractivity contribution is 7.98. The van der Waals surface area contributed by atoms with Crippen LogP contribution >= 0.6 is 23.4 Å². The minimum atomic E-state index is -0.939. The lowest BCUT2D eigenvalue weighted by Gasteiger charge is -2.08. The van der Waals surface area contributed by atoms with Crippen LogP contribution in [0.2, 0.25) is 5.02 Å². The molecule has 2 aromatic rings. The van der Waals surface area contributed by atoms with Gasteiger partial charge >= 0.3 is 5.97 Å². The summed E-state index contributed by atoms with van der Waals surface area (Å²) in [5.41, 5.74) is 1.36. The van der Waals surface area contributed by atoms with E-state index in [-0.39, 0.29) is 5.56 Å². The summed E-state index contributed by atoms with van der Waals surface area (Å²) < 4.78 is 5.13. The van der Waals surface area contributed by atoms with E-state index < -0.39 is 5.97 Å². The number of benzene rings is 2. The number of hydrogen-bond donors (Lipinski definition) is 1. The normalized spacial score (nSPS) is 10.3. The zero-order chi connectivity index (χ0) is 14.5. The molecule has 2 aromatic carbocycles. The van der Waals surface area contributed by atoms with E-state index in [2.05, 4.69) is 0 Å². The third kappa shape index (κ3) is 3.68. The predicted molar refractivity (Wildman–Crippen MR) is 81.0 cm³/mol. The van der Waals surface area contributed by atoms with Crippen LogP contribution in [0.4, 0.5) is 0 Å². The first-order chi connectivity index (χ1) is 9.60. The lowest BCUT2D eigenvalue weighted by molar-refractivity contribution is 0.0693. The third-order valence-electron chi connectivity index (χ3n) is 2.73. The van der Waals surface area contributed by atoms with Gasteiger partial charge in [0, 0.05) is 15.7 Å². The van der Waals surface area contributed by atoms with E-state index in [9.17, 15) is 9.90 Å². The van der Waals surface area contributed by atoms with Crippen LogP contribution in [0.15, 0.2) is 47.4 Å². The molecule has 2 rings (SSSR count). The maximum atomic E-state index is 11.2. The quantitative estimate of drug-likeness (QED) is 0.835. The van der Waals surface area contributed by atoms with Gasteiger partial charge in [0.05, 0.1) is 12.7 Å². The van der Waals surface area contributed by atoms with E-state index in [1.54, 1.807) is 25.3 Å². The topological polar surface area (TPSA) is 46.5 Å². The molecule has 0 amide bonds.